The number of aromatic amines is 1. The van der Waals surface area contributed by atoms with Gasteiger partial charge in [0.25, 0.3) is 0 Å². The minimum Gasteiger partial charge on any atom is -0.354 e. The molecule has 2 rings (SSSR count). The molecule has 0 bridgehead atoms. The molecule has 2 N–H and O–H groups in total. The Hall–Kier alpha value is -1.54. The number of hydrogen-bond acceptors (Lipinski definition) is 6. The summed E-state index contributed by atoms with van der Waals surface area (Å²) in [4.78, 5) is 16.1. The fourth-order valence-corrected chi connectivity index (χ4v) is 2.86. The van der Waals surface area contributed by atoms with Gasteiger partial charge in [0.05, 0.1) is 16.5 Å². The third-order valence-corrected chi connectivity index (χ3v) is 4.30. The van der Waals surface area contributed by atoms with Crippen molar-refractivity contribution in [2.24, 2.45) is 0 Å². The Balaban J connectivity index is 1.66. The minimum absolute atomic E-state index is 0.0152. The summed E-state index contributed by atoms with van der Waals surface area (Å²) in [5.74, 6) is 0.778. The van der Waals surface area contributed by atoms with Crippen molar-refractivity contribution in [1.82, 2.24) is 25.7 Å². The number of hydrogen-bond donors (Lipinski definition) is 2. The van der Waals surface area contributed by atoms with E-state index in [2.05, 4.69) is 25.7 Å². The number of thioether (sulfide) groups is 2. The molecule has 2 heterocycles. The molecule has 8 heteroatoms. The van der Waals surface area contributed by atoms with Crippen molar-refractivity contribution in [3.63, 3.8) is 0 Å². The van der Waals surface area contributed by atoms with Crippen LogP contribution in [0, 0.1) is 0 Å². The molecule has 0 saturated carbocycles. The molecule has 0 spiro atoms. The second-order valence-corrected chi connectivity index (χ2v) is 6.35. The molecule has 2 aromatic heterocycles. The summed E-state index contributed by atoms with van der Waals surface area (Å²) in [6, 6.07) is 5.67. The summed E-state index contributed by atoms with van der Waals surface area (Å²) in [6.07, 6.45) is 3.38. The number of carbonyl (C=O) groups is 1. The Kier molecular flexibility index (Phi) is 5.87. The normalized spacial score (nSPS) is 12.1. The highest BCUT2D eigenvalue weighted by Gasteiger charge is 2.14. The highest BCUT2D eigenvalue weighted by molar-refractivity contribution is 8.00. The molecular weight excluding hydrogens is 294 g/mol. The monoisotopic (exact) mass is 309 g/mol. The molecular formula is C12H15N5OS2. The van der Waals surface area contributed by atoms with Gasteiger partial charge in [-0.3, -0.25) is 4.79 Å². The SMILES string of the molecule is CC(Sc1ccccn1)C(=O)NCCSc1cn[nH]n1. The van der Waals surface area contributed by atoms with Crippen LogP contribution < -0.4 is 5.32 Å². The number of pyridine rings is 1. The molecule has 2 aromatic rings. The first-order valence-electron chi connectivity index (χ1n) is 6.09. The zero-order valence-corrected chi connectivity index (χ0v) is 12.6. The first kappa shape index (κ1) is 14.9. The number of carbonyl (C=O) groups excluding carboxylic acids is 1. The molecule has 0 aliphatic carbocycles. The smallest absolute Gasteiger partial charge is 0.233 e. The van der Waals surface area contributed by atoms with Crippen LogP contribution in [-0.4, -0.2) is 43.8 Å². The Morgan fingerprint density at radius 2 is 2.35 bits per heavy atom. The number of nitrogens with zero attached hydrogens (tertiary/aromatic N) is 3. The van der Waals surface area contributed by atoms with Crippen LogP contribution >= 0.6 is 23.5 Å². The molecule has 0 fully saturated rings. The van der Waals surface area contributed by atoms with Crippen LogP contribution in [0.5, 0.6) is 0 Å². The van der Waals surface area contributed by atoms with Gasteiger partial charge in [0.2, 0.25) is 5.91 Å². The summed E-state index contributed by atoms with van der Waals surface area (Å²) in [6.45, 7) is 2.48. The lowest BCUT2D eigenvalue weighted by atomic mass is 10.4. The standard InChI is InChI=1S/C12H15N5OS2/c1-9(20-10-4-2-3-5-13-10)12(18)14-6-7-19-11-8-15-17-16-11/h2-5,8-9H,6-7H2,1H3,(H,14,18)(H,15,16,17). The van der Waals surface area contributed by atoms with Gasteiger partial charge >= 0.3 is 0 Å². The van der Waals surface area contributed by atoms with Gasteiger partial charge in [0.1, 0.15) is 5.03 Å². The second kappa shape index (κ2) is 7.91. The summed E-state index contributed by atoms with van der Waals surface area (Å²) < 4.78 is 0. The van der Waals surface area contributed by atoms with E-state index in [9.17, 15) is 4.79 Å². The fraction of sp³-hybridized carbons (Fsp3) is 0.333. The predicted octanol–water partition coefficient (Wildman–Crippen LogP) is 1.59. The van der Waals surface area contributed by atoms with Crippen LogP contribution in [0.2, 0.25) is 0 Å². The minimum atomic E-state index is -0.165. The third kappa shape index (κ3) is 4.86. The largest absolute Gasteiger partial charge is 0.354 e. The molecule has 1 unspecified atom stereocenters. The van der Waals surface area contributed by atoms with Crippen LogP contribution in [0.3, 0.4) is 0 Å². The van der Waals surface area contributed by atoms with E-state index in [1.807, 2.05) is 25.1 Å². The van der Waals surface area contributed by atoms with Crippen molar-refractivity contribution in [1.29, 1.82) is 0 Å². The lowest BCUT2D eigenvalue weighted by Gasteiger charge is -2.10. The van der Waals surface area contributed by atoms with Crippen molar-refractivity contribution < 1.29 is 4.79 Å². The average Bonchev–Trinajstić information content (AvgIpc) is 2.97. The quantitative estimate of drug-likeness (QED) is 0.597. The van der Waals surface area contributed by atoms with Gasteiger partial charge in [-0.1, -0.05) is 17.8 Å². The molecule has 1 amide bonds. The van der Waals surface area contributed by atoms with Gasteiger partial charge < -0.3 is 5.32 Å². The number of nitrogens with one attached hydrogen (secondary N) is 2. The van der Waals surface area contributed by atoms with E-state index in [1.54, 1.807) is 24.2 Å². The maximum atomic E-state index is 11.9. The maximum absolute atomic E-state index is 11.9. The number of H-pyrrole nitrogens is 1. The number of amides is 1. The summed E-state index contributed by atoms with van der Waals surface area (Å²) in [5.41, 5.74) is 0. The van der Waals surface area contributed by atoms with Crippen LogP contribution in [0.25, 0.3) is 0 Å². The summed E-state index contributed by atoms with van der Waals surface area (Å²) >= 11 is 3.00. The Labute approximate surface area is 125 Å². The zero-order chi connectivity index (χ0) is 14.2. The molecule has 1 atom stereocenters. The van der Waals surface area contributed by atoms with E-state index >= 15 is 0 Å². The van der Waals surface area contributed by atoms with E-state index in [0.29, 0.717) is 6.54 Å². The summed E-state index contributed by atoms with van der Waals surface area (Å²) in [5, 5.41) is 14.6. The molecule has 0 saturated heterocycles. The van der Waals surface area contributed by atoms with Gasteiger partial charge in [-0.25, -0.2) is 4.98 Å². The van der Waals surface area contributed by atoms with E-state index in [1.165, 1.54) is 11.8 Å². The molecule has 6 nitrogen and oxygen atoms in total. The fourth-order valence-electron chi connectivity index (χ4n) is 1.39. The molecule has 0 aliphatic heterocycles. The molecule has 0 aliphatic rings. The Morgan fingerprint density at radius 3 is 3.05 bits per heavy atom. The molecule has 106 valence electrons. The van der Waals surface area contributed by atoms with E-state index in [-0.39, 0.29) is 11.2 Å². The highest BCUT2D eigenvalue weighted by Crippen LogP contribution is 2.20. The Morgan fingerprint density at radius 1 is 1.45 bits per heavy atom. The highest BCUT2D eigenvalue weighted by atomic mass is 32.2. The lowest BCUT2D eigenvalue weighted by molar-refractivity contribution is -0.120. The van der Waals surface area contributed by atoms with Crippen LogP contribution in [0.1, 0.15) is 6.92 Å². The first-order chi connectivity index (χ1) is 9.75. The lowest BCUT2D eigenvalue weighted by Crippen LogP contribution is -2.32. The van der Waals surface area contributed by atoms with E-state index in [4.69, 9.17) is 0 Å². The zero-order valence-electron chi connectivity index (χ0n) is 10.9. The molecule has 0 radical (unpaired) electrons. The van der Waals surface area contributed by atoms with Crippen molar-refractivity contribution in [3.05, 3.63) is 30.6 Å². The van der Waals surface area contributed by atoms with Crippen molar-refractivity contribution >= 4 is 29.4 Å². The van der Waals surface area contributed by atoms with Gasteiger partial charge in [0.15, 0.2) is 0 Å². The van der Waals surface area contributed by atoms with Gasteiger partial charge in [-0.15, -0.1) is 16.9 Å². The first-order valence-corrected chi connectivity index (χ1v) is 7.96. The molecule has 0 aromatic carbocycles. The number of aromatic nitrogens is 4. The van der Waals surface area contributed by atoms with Crippen molar-refractivity contribution in [2.45, 2.75) is 22.2 Å². The summed E-state index contributed by atoms with van der Waals surface area (Å²) in [7, 11) is 0. The third-order valence-electron chi connectivity index (χ3n) is 2.35. The maximum Gasteiger partial charge on any atom is 0.233 e. The van der Waals surface area contributed by atoms with Crippen molar-refractivity contribution in [3.8, 4) is 0 Å². The van der Waals surface area contributed by atoms with Crippen molar-refractivity contribution in [2.75, 3.05) is 12.3 Å². The van der Waals surface area contributed by atoms with Crippen LogP contribution in [0.15, 0.2) is 40.6 Å². The predicted molar refractivity (Wildman–Crippen MR) is 79.7 cm³/mol. The number of rotatable bonds is 7. The topological polar surface area (TPSA) is 83.6 Å². The van der Waals surface area contributed by atoms with Crippen LogP contribution in [0.4, 0.5) is 0 Å². The van der Waals surface area contributed by atoms with Gasteiger partial charge in [0, 0.05) is 18.5 Å². The molecule has 20 heavy (non-hydrogen) atoms. The van der Waals surface area contributed by atoms with Gasteiger partial charge in [-0.05, 0) is 19.1 Å². The average molecular weight is 309 g/mol. The van der Waals surface area contributed by atoms with E-state index in [0.717, 1.165) is 15.8 Å². The van der Waals surface area contributed by atoms with E-state index < -0.39 is 0 Å². The van der Waals surface area contributed by atoms with Crippen LogP contribution in [-0.2, 0) is 4.79 Å². The van der Waals surface area contributed by atoms with Gasteiger partial charge in [-0.2, -0.15) is 10.3 Å². The second-order valence-electron chi connectivity index (χ2n) is 3.88. The Bertz CT molecular complexity index is 520.